The number of hydrogen-bond donors (Lipinski definition) is 2. The summed E-state index contributed by atoms with van der Waals surface area (Å²) in [6, 6.07) is 26.4. The van der Waals surface area contributed by atoms with Crippen LogP contribution in [0.15, 0.2) is 119 Å². The first kappa shape index (κ1) is 31.9. The summed E-state index contributed by atoms with van der Waals surface area (Å²) in [5.41, 5.74) is 0.541. The van der Waals surface area contributed by atoms with Crippen molar-refractivity contribution in [3.63, 3.8) is 0 Å². The molecule has 0 fully saturated rings. The molecule has 212 valence electrons. The molecule has 0 saturated heterocycles. The van der Waals surface area contributed by atoms with Crippen LogP contribution in [0.4, 0.5) is 16.2 Å². The average Bonchev–Trinajstić information content (AvgIpc) is 2.96. The highest BCUT2D eigenvalue weighted by atomic mass is 32.2. The van der Waals surface area contributed by atoms with E-state index in [0.717, 1.165) is 0 Å². The van der Waals surface area contributed by atoms with E-state index in [1.807, 2.05) is 27.7 Å². The van der Waals surface area contributed by atoms with Crippen molar-refractivity contribution in [2.24, 2.45) is 0 Å². The lowest BCUT2D eigenvalue weighted by atomic mass is 10.3. The second kappa shape index (κ2) is 15.3. The molecule has 0 aliphatic carbocycles. The van der Waals surface area contributed by atoms with Gasteiger partial charge in [-0.25, -0.2) is 4.79 Å². The summed E-state index contributed by atoms with van der Waals surface area (Å²) >= 11 is 0. The van der Waals surface area contributed by atoms with E-state index in [1.54, 1.807) is 48.5 Å². The summed E-state index contributed by atoms with van der Waals surface area (Å²) in [7, 11) is -8.08. The van der Waals surface area contributed by atoms with Gasteiger partial charge in [-0.05, 0) is 48.5 Å². The van der Waals surface area contributed by atoms with E-state index in [0.29, 0.717) is 0 Å². The minimum Gasteiger partial charge on any atom is -0.379 e. The third-order valence-corrected chi connectivity index (χ3v) is 7.18. The molecule has 11 heteroatoms. The maximum Gasteiger partial charge on any atom is 0.339 e. The number of carbonyl (C=O) groups excluding carboxylic acids is 1. The maximum absolute atomic E-state index is 12.5. The molecule has 0 aliphatic heterocycles. The zero-order valence-electron chi connectivity index (χ0n) is 22.6. The van der Waals surface area contributed by atoms with Gasteiger partial charge in [0.1, 0.15) is 21.3 Å². The van der Waals surface area contributed by atoms with Crippen LogP contribution < -0.4 is 19.0 Å². The van der Waals surface area contributed by atoms with E-state index >= 15 is 0 Å². The standard InChI is InChI=1S/C25H20N2O7S2.2C2H6/c28-25(26-19-9-7-11-21(17-19)33-35(29,30)23-13-3-1-4-14-23)27-20-10-8-12-22(18-20)34-36(31,32)24-15-5-2-6-16-24;2*1-2/h1-18H,(H2,26,27,28);2*1-2H3. The molecule has 0 aliphatic rings. The predicted octanol–water partition coefficient (Wildman–Crippen LogP) is 6.92. The summed E-state index contributed by atoms with van der Waals surface area (Å²) in [5.74, 6) is 0.0244. The molecule has 0 heterocycles. The topological polar surface area (TPSA) is 128 Å². The Labute approximate surface area is 236 Å². The molecule has 0 radical (unpaired) electrons. The van der Waals surface area contributed by atoms with Gasteiger partial charge in [-0.15, -0.1) is 0 Å². The number of urea groups is 1. The van der Waals surface area contributed by atoms with Crippen LogP contribution in [0.1, 0.15) is 27.7 Å². The van der Waals surface area contributed by atoms with Gasteiger partial charge in [-0.2, -0.15) is 16.8 Å². The van der Waals surface area contributed by atoms with Crippen molar-refractivity contribution < 1.29 is 30.0 Å². The lowest BCUT2D eigenvalue weighted by molar-refractivity contribution is 0.262. The van der Waals surface area contributed by atoms with Crippen molar-refractivity contribution >= 4 is 37.6 Å². The van der Waals surface area contributed by atoms with Gasteiger partial charge in [0.15, 0.2) is 0 Å². The first-order valence-electron chi connectivity index (χ1n) is 12.5. The molecule has 0 bridgehead atoms. The zero-order chi connectivity index (χ0) is 29.6. The van der Waals surface area contributed by atoms with E-state index in [4.69, 9.17) is 8.37 Å². The predicted molar refractivity (Wildman–Crippen MR) is 157 cm³/mol. The van der Waals surface area contributed by atoms with E-state index in [-0.39, 0.29) is 32.7 Å². The van der Waals surface area contributed by atoms with Crippen molar-refractivity contribution in [1.29, 1.82) is 0 Å². The van der Waals surface area contributed by atoms with Crippen molar-refractivity contribution in [2.75, 3.05) is 10.6 Å². The Bertz CT molecular complexity index is 1460. The van der Waals surface area contributed by atoms with E-state index in [1.165, 1.54) is 60.7 Å². The molecule has 0 spiro atoms. The molecule has 4 aromatic carbocycles. The second-order valence-electron chi connectivity index (χ2n) is 7.34. The smallest absolute Gasteiger partial charge is 0.339 e. The van der Waals surface area contributed by atoms with Crippen LogP contribution >= 0.6 is 0 Å². The number of amides is 2. The number of rotatable bonds is 8. The molecule has 0 unspecified atom stereocenters. The summed E-state index contributed by atoms with van der Waals surface area (Å²) in [4.78, 5) is 12.5. The Kier molecular flexibility index (Phi) is 12.2. The van der Waals surface area contributed by atoms with Crippen LogP contribution in [-0.4, -0.2) is 22.9 Å². The molecular weight excluding hydrogens is 552 g/mol. The number of benzene rings is 4. The fourth-order valence-electron chi connectivity index (χ4n) is 3.07. The first-order valence-corrected chi connectivity index (χ1v) is 15.3. The van der Waals surface area contributed by atoms with Gasteiger partial charge < -0.3 is 19.0 Å². The highest BCUT2D eigenvalue weighted by molar-refractivity contribution is 7.87. The van der Waals surface area contributed by atoms with E-state index in [2.05, 4.69) is 10.6 Å². The van der Waals surface area contributed by atoms with Crippen LogP contribution in [0.2, 0.25) is 0 Å². The number of carbonyl (C=O) groups is 1. The Morgan fingerprint density at radius 1 is 0.525 bits per heavy atom. The maximum atomic E-state index is 12.5. The number of hydrogen-bond acceptors (Lipinski definition) is 7. The fraction of sp³-hybridized carbons (Fsp3) is 0.138. The minimum absolute atomic E-state index is 0.00233. The van der Waals surface area contributed by atoms with Crippen LogP contribution in [0.3, 0.4) is 0 Å². The summed E-state index contributed by atoms with van der Waals surface area (Å²) in [5, 5.41) is 5.13. The van der Waals surface area contributed by atoms with Crippen LogP contribution in [-0.2, 0) is 20.2 Å². The third kappa shape index (κ3) is 9.44. The number of nitrogens with one attached hydrogen (secondary N) is 2. The Morgan fingerprint density at radius 2 is 0.875 bits per heavy atom. The molecule has 0 atom stereocenters. The van der Waals surface area contributed by atoms with Crippen molar-refractivity contribution in [3.05, 3.63) is 109 Å². The summed E-state index contributed by atoms with van der Waals surface area (Å²) in [6.07, 6.45) is 0. The monoisotopic (exact) mass is 584 g/mol. The van der Waals surface area contributed by atoms with Gasteiger partial charge in [0, 0.05) is 23.5 Å². The molecule has 2 N–H and O–H groups in total. The first-order chi connectivity index (χ1) is 19.2. The van der Waals surface area contributed by atoms with E-state index in [9.17, 15) is 21.6 Å². The van der Waals surface area contributed by atoms with Gasteiger partial charge in [-0.1, -0.05) is 76.2 Å². The van der Waals surface area contributed by atoms with Gasteiger partial charge in [0.25, 0.3) is 0 Å². The quantitative estimate of drug-likeness (QED) is 0.215. The lowest BCUT2D eigenvalue weighted by Crippen LogP contribution is -2.19. The normalized spacial score (nSPS) is 10.5. The van der Waals surface area contributed by atoms with Gasteiger partial charge in [0.2, 0.25) is 0 Å². The minimum atomic E-state index is -4.04. The third-order valence-electron chi connectivity index (χ3n) is 4.66. The molecule has 4 rings (SSSR count). The van der Waals surface area contributed by atoms with Crippen molar-refractivity contribution in [1.82, 2.24) is 0 Å². The molecule has 4 aromatic rings. The van der Waals surface area contributed by atoms with Crippen LogP contribution in [0.5, 0.6) is 11.5 Å². The Balaban J connectivity index is 0.00000134. The second-order valence-corrected chi connectivity index (χ2v) is 10.4. The lowest BCUT2D eigenvalue weighted by Gasteiger charge is -2.11. The number of anilines is 2. The summed E-state index contributed by atoms with van der Waals surface area (Å²) in [6.45, 7) is 8.00. The zero-order valence-corrected chi connectivity index (χ0v) is 24.2. The molecule has 2 amide bonds. The molecule has 0 saturated carbocycles. The van der Waals surface area contributed by atoms with Gasteiger partial charge in [0.05, 0.1) is 0 Å². The molecule has 9 nitrogen and oxygen atoms in total. The highest BCUT2D eigenvalue weighted by Crippen LogP contribution is 2.24. The Hall–Kier alpha value is -4.35. The highest BCUT2D eigenvalue weighted by Gasteiger charge is 2.18. The molecule has 0 aromatic heterocycles. The molecular formula is C29H32N2O7S2. The summed E-state index contributed by atoms with van der Waals surface area (Å²) < 4.78 is 60.0. The van der Waals surface area contributed by atoms with Gasteiger partial charge >= 0.3 is 26.3 Å². The van der Waals surface area contributed by atoms with Crippen molar-refractivity contribution in [2.45, 2.75) is 37.5 Å². The van der Waals surface area contributed by atoms with Crippen LogP contribution in [0.25, 0.3) is 0 Å². The molecule has 40 heavy (non-hydrogen) atoms. The SMILES string of the molecule is CC.CC.O=C(Nc1cccc(OS(=O)(=O)c2ccccc2)c1)Nc1cccc(OS(=O)(=O)c2ccccc2)c1. The fourth-order valence-corrected chi connectivity index (χ4v) is 4.96. The largest absolute Gasteiger partial charge is 0.379 e. The van der Waals surface area contributed by atoms with Gasteiger partial charge in [-0.3, -0.25) is 0 Å². The van der Waals surface area contributed by atoms with Crippen LogP contribution in [0, 0.1) is 0 Å². The average molecular weight is 585 g/mol. The Morgan fingerprint density at radius 3 is 1.23 bits per heavy atom. The van der Waals surface area contributed by atoms with E-state index < -0.39 is 26.3 Å². The van der Waals surface area contributed by atoms with Crippen molar-refractivity contribution in [3.8, 4) is 11.5 Å².